The Kier molecular flexibility index (Phi) is 11.0. The number of benzene rings is 2. The lowest BCUT2D eigenvalue weighted by Crippen LogP contribution is -2.47. The topological polar surface area (TPSA) is 86.8 Å². The van der Waals surface area contributed by atoms with Gasteiger partial charge in [-0.25, -0.2) is 12.7 Å². The van der Waals surface area contributed by atoms with Gasteiger partial charge in [-0.15, -0.1) is 0 Å². The van der Waals surface area contributed by atoms with E-state index in [9.17, 15) is 18.0 Å². The lowest BCUT2D eigenvalue weighted by atomic mass is 10.1. The minimum atomic E-state index is -3.62. The fourth-order valence-corrected chi connectivity index (χ4v) is 4.88. The number of hydrogen-bond acceptors (Lipinski definition) is 4. The minimum absolute atomic E-state index is 0.113. The summed E-state index contributed by atoms with van der Waals surface area (Å²) < 4.78 is 26.7. The molecular weight excluding hydrogens is 474 g/mol. The van der Waals surface area contributed by atoms with E-state index in [2.05, 4.69) is 5.32 Å². The van der Waals surface area contributed by atoms with Crippen LogP contribution >= 0.6 is 11.6 Å². The predicted octanol–water partition coefficient (Wildman–Crippen LogP) is 4.07. The van der Waals surface area contributed by atoms with Gasteiger partial charge < -0.3 is 10.2 Å². The molecule has 9 heteroatoms. The molecule has 2 aromatic rings. The molecule has 0 radical (unpaired) electrons. The van der Waals surface area contributed by atoms with Crippen molar-refractivity contribution in [2.75, 3.05) is 20.1 Å². The maximum Gasteiger partial charge on any atom is 0.242 e. The highest BCUT2D eigenvalue weighted by molar-refractivity contribution is 7.89. The number of amides is 2. The van der Waals surface area contributed by atoms with Gasteiger partial charge in [0.15, 0.2) is 0 Å². The monoisotopic (exact) mass is 507 g/mol. The van der Waals surface area contributed by atoms with Crippen LogP contribution < -0.4 is 5.32 Å². The van der Waals surface area contributed by atoms with Crippen molar-refractivity contribution in [1.82, 2.24) is 14.5 Å². The van der Waals surface area contributed by atoms with Gasteiger partial charge in [-0.1, -0.05) is 55.3 Å². The summed E-state index contributed by atoms with van der Waals surface area (Å²) >= 11 is 6.10. The molecular formula is C25H34ClN3O4S. The van der Waals surface area contributed by atoms with Gasteiger partial charge >= 0.3 is 0 Å². The summed E-state index contributed by atoms with van der Waals surface area (Å²) in [6.07, 6.45) is 2.27. The van der Waals surface area contributed by atoms with Gasteiger partial charge in [0, 0.05) is 38.1 Å². The first-order chi connectivity index (χ1) is 16.2. The number of halogens is 1. The first-order valence-electron chi connectivity index (χ1n) is 11.5. The summed E-state index contributed by atoms with van der Waals surface area (Å²) in [5.74, 6) is -0.434. The fourth-order valence-electron chi connectivity index (χ4n) is 3.44. The molecule has 0 saturated carbocycles. The van der Waals surface area contributed by atoms with Gasteiger partial charge in [0.25, 0.3) is 0 Å². The van der Waals surface area contributed by atoms with E-state index in [1.165, 1.54) is 16.3 Å². The molecule has 0 spiro atoms. The summed E-state index contributed by atoms with van der Waals surface area (Å²) in [4.78, 5) is 27.6. The summed E-state index contributed by atoms with van der Waals surface area (Å²) in [5, 5.41) is 3.44. The molecule has 0 aromatic heterocycles. The van der Waals surface area contributed by atoms with E-state index in [-0.39, 0.29) is 36.2 Å². The van der Waals surface area contributed by atoms with Crippen molar-refractivity contribution >= 4 is 33.4 Å². The first-order valence-corrected chi connectivity index (χ1v) is 13.3. The van der Waals surface area contributed by atoms with Crippen LogP contribution in [0.2, 0.25) is 5.02 Å². The summed E-state index contributed by atoms with van der Waals surface area (Å²) in [7, 11) is -2.12. The summed E-state index contributed by atoms with van der Waals surface area (Å²) in [6.45, 7) is 4.72. The molecule has 0 aliphatic heterocycles. The van der Waals surface area contributed by atoms with E-state index in [0.717, 1.165) is 18.4 Å². The Morgan fingerprint density at radius 1 is 1.06 bits per heavy atom. The van der Waals surface area contributed by atoms with Gasteiger partial charge in [-0.2, -0.15) is 0 Å². The highest BCUT2D eigenvalue weighted by atomic mass is 35.5. The van der Waals surface area contributed by atoms with Crippen LogP contribution in [-0.4, -0.2) is 55.6 Å². The molecule has 1 N–H and O–H groups in total. The third kappa shape index (κ3) is 8.11. The second kappa shape index (κ2) is 13.5. The quantitative estimate of drug-likeness (QED) is 0.414. The number of unbranched alkanes of at least 4 members (excludes halogenated alkanes) is 1. The van der Waals surface area contributed by atoms with Gasteiger partial charge in [0.1, 0.15) is 6.04 Å². The molecule has 0 unspecified atom stereocenters. The van der Waals surface area contributed by atoms with Gasteiger partial charge in [0.05, 0.1) is 4.90 Å². The maximum atomic E-state index is 13.2. The van der Waals surface area contributed by atoms with Gasteiger partial charge in [-0.3, -0.25) is 9.59 Å². The molecule has 0 bridgehead atoms. The molecule has 0 saturated heterocycles. The standard InChI is InChI=1S/C25H34ClN3O4S/c1-4-5-16-27-25(31)20(2)29(19-21-11-9-12-22(26)18-21)24(30)15-10-17-28(3)34(32,33)23-13-7-6-8-14-23/h6-9,11-14,18,20H,4-5,10,15-17,19H2,1-3H3,(H,27,31)/t20-/m0/s1. The Balaban J connectivity index is 2.06. The van der Waals surface area contributed by atoms with Crippen molar-refractivity contribution < 1.29 is 18.0 Å². The molecule has 2 rings (SSSR count). The number of nitrogens with one attached hydrogen (secondary N) is 1. The number of hydrogen-bond donors (Lipinski definition) is 1. The zero-order valence-electron chi connectivity index (χ0n) is 20.0. The van der Waals surface area contributed by atoms with Crippen LogP contribution in [0.1, 0.15) is 45.1 Å². The Bertz CT molecular complexity index is 1050. The van der Waals surface area contributed by atoms with Crippen molar-refractivity contribution in [3.8, 4) is 0 Å². The second-order valence-corrected chi connectivity index (χ2v) is 10.7. The normalized spacial score (nSPS) is 12.4. The number of nitrogens with zero attached hydrogens (tertiary/aromatic N) is 2. The van der Waals surface area contributed by atoms with E-state index >= 15 is 0 Å². The Labute approximate surface area is 208 Å². The van der Waals surface area contributed by atoms with Crippen LogP contribution in [0.4, 0.5) is 0 Å². The Hall–Kier alpha value is -2.42. The highest BCUT2D eigenvalue weighted by Gasteiger charge is 2.26. The molecule has 0 heterocycles. The summed E-state index contributed by atoms with van der Waals surface area (Å²) in [5.41, 5.74) is 0.817. The van der Waals surface area contributed by atoms with Gasteiger partial charge in [0.2, 0.25) is 21.8 Å². The van der Waals surface area contributed by atoms with Crippen molar-refractivity contribution in [2.45, 2.75) is 57.0 Å². The lowest BCUT2D eigenvalue weighted by molar-refractivity contribution is -0.140. The number of rotatable bonds is 13. The van der Waals surface area contributed by atoms with Crippen LogP contribution in [0.3, 0.4) is 0 Å². The fraction of sp³-hybridized carbons (Fsp3) is 0.440. The minimum Gasteiger partial charge on any atom is -0.354 e. The van der Waals surface area contributed by atoms with E-state index in [0.29, 0.717) is 18.0 Å². The summed E-state index contributed by atoms with van der Waals surface area (Å²) in [6, 6.07) is 14.7. The molecule has 34 heavy (non-hydrogen) atoms. The Morgan fingerprint density at radius 2 is 1.76 bits per heavy atom. The largest absolute Gasteiger partial charge is 0.354 e. The second-order valence-electron chi connectivity index (χ2n) is 8.22. The average Bonchev–Trinajstić information content (AvgIpc) is 2.82. The number of carbonyl (C=O) groups excluding carboxylic acids is 2. The van der Waals surface area contributed by atoms with E-state index in [1.807, 2.05) is 13.0 Å². The van der Waals surface area contributed by atoms with Crippen molar-refractivity contribution in [1.29, 1.82) is 0 Å². The number of sulfonamides is 1. The average molecular weight is 508 g/mol. The Morgan fingerprint density at radius 3 is 2.41 bits per heavy atom. The first kappa shape index (κ1) is 27.8. The van der Waals surface area contributed by atoms with Crippen LogP contribution in [0, 0.1) is 0 Å². The van der Waals surface area contributed by atoms with Crippen LogP contribution in [0.25, 0.3) is 0 Å². The molecule has 0 aliphatic carbocycles. The third-order valence-corrected chi connectivity index (χ3v) is 7.66. The van der Waals surface area contributed by atoms with Crippen LogP contribution in [0.15, 0.2) is 59.5 Å². The lowest BCUT2D eigenvalue weighted by Gasteiger charge is -2.29. The highest BCUT2D eigenvalue weighted by Crippen LogP contribution is 2.17. The molecule has 2 aromatic carbocycles. The molecule has 186 valence electrons. The van der Waals surface area contributed by atoms with Gasteiger partial charge in [-0.05, 0) is 49.6 Å². The van der Waals surface area contributed by atoms with Crippen molar-refractivity contribution in [2.24, 2.45) is 0 Å². The zero-order valence-corrected chi connectivity index (χ0v) is 21.6. The molecule has 7 nitrogen and oxygen atoms in total. The van der Waals surface area contributed by atoms with E-state index in [1.54, 1.807) is 55.5 Å². The van der Waals surface area contributed by atoms with E-state index in [4.69, 9.17) is 11.6 Å². The van der Waals surface area contributed by atoms with Crippen molar-refractivity contribution in [3.05, 3.63) is 65.2 Å². The van der Waals surface area contributed by atoms with Crippen LogP contribution in [0.5, 0.6) is 0 Å². The molecule has 0 fully saturated rings. The smallest absolute Gasteiger partial charge is 0.242 e. The van der Waals surface area contributed by atoms with Crippen molar-refractivity contribution in [3.63, 3.8) is 0 Å². The predicted molar refractivity (Wildman–Crippen MR) is 135 cm³/mol. The SMILES string of the molecule is CCCCNC(=O)[C@H](C)N(Cc1cccc(Cl)c1)C(=O)CCCN(C)S(=O)(=O)c1ccccc1. The maximum absolute atomic E-state index is 13.2. The van der Waals surface area contributed by atoms with Crippen LogP contribution in [-0.2, 0) is 26.2 Å². The third-order valence-electron chi connectivity index (χ3n) is 5.55. The molecule has 1 atom stereocenters. The molecule has 2 amide bonds. The zero-order chi connectivity index (χ0) is 25.1. The number of carbonyl (C=O) groups is 2. The van der Waals surface area contributed by atoms with E-state index < -0.39 is 16.1 Å². The molecule has 0 aliphatic rings.